The summed E-state index contributed by atoms with van der Waals surface area (Å²) in [4.78, 5) is 22.1. The summed E-state index contributed by atoms with van der Waals surface area (Å²) in [6.45, 7) is 2.33. The number of nitrogens with one attached hydrogen (secondary N) is 1. The van der Waals surface area contributed by atoms with Gasteiger partial charge in [-0.2, -0.15) is 8.42 Å². The third-order valence-electron chi connectivity index (χ3n) is 6.90. The smallest absolute Gasteiger partial charge is 0.333 e. The molecule has 0 aliphatic heterocycles. The second-order valence-electron chi connectivity index (χ2n) is 9.87. The van der Waals surface area contributed by atoms with E-state index >= 15 is 0 Å². The van der Waals surface area contributed by atoms with Crippen LogP contribution in [0.3, 0.4) is 0 Å². The number of ketones is 1. The van der Waals surface area contributed by atoms with Gasteiger partial charge >= 0.3 is 10.3 Å². The fourth-order valence-corrected chi connectivity index (χ4v) is 5.50. The summed E-state index contributed by atoms with van der Waals surface area (Å²) < 4.78 is 43.1. The van der Waals surface area contributed by atoms with Crippen molar-refractivity contribution in [2.45, 2.75) is 38.5 Å². The average molecular weight is 554 g/mol. The number of benzene rings is 2. The topological polar surface area (TPSA) is 149 Å². The molecule has 5 rings (SSSR count). The van der Waals surface area contributed by atoms with Gasteiger partial charge in [-0.15, -0.1) is 0 Å². The van der Waals surface area contributed by atoms with Crippen molar-refractivity contribution in [2.75, 3.05) is 11.9 Å². The van der Waals surface area contributed by atoms with Crippen LogP contribution in [0.15, 0.2) is 61.2 Å². The molecule has 0 amide bonds. The van der Waals surface area contributed by atoms with E-state index in [4.69, 9.17) is 5.14 Å². The Balaban J connectivity index is 1.43. The maximum atomic E-state index is 14.3. The van der Waals surface area contributed by atoms with E-state index in [0.29, 0.717) is 29.4 Å². The van der Waals surface area contributed by atoms with E-state index in [1.165, 1.54) is 24.7 Å². The summed E-state index contributed by atoms with van der Waals surface area (Å²) in [7, 11) is -4.09. The van der Waals surface area contributed by atoms with Crippen LogP contribution in [-0.4, -0.2) is 52.6 Å². The van der Waals surface area contributed by atoms with Crippen LogP contribution in [-0.2, 0) is 21.0 Å². The Bertz CT molecular complexity index is 1640. The van der Waals surface area contributed by atoms with Gasteiger partial charge in [0.1, 0.15) is 18.0 Å². The minimum absolute atomic E-state index is 0.157. The monoisotopic (exact) mass is 553 g/mol. The number of hydrogen-bond donors (Lipinski definition) is 3. The minimum Gasteiger partial charge on any atom is -0.391 e. The van der Waals surface area contributed by atoms with Crippen molar-refractivity contribution >= 4 is 32.8 Å². The molecule has 4 N–H and O–H groups in total. The predicted molar refractivity (Wildman–Crippen MR) is 143 cm³/mol. The fourth-order valence-electron chi connectivity index (χ4n) is 5.12. The van der Waals surface area contributed by atoms with Gasteiger partial charge in [0.15, 0.2) is 5.78 Å². The summed E-state index contributed by atoms with van der Waals surface area (Å²) in [5.74, 6) is -0.921. The molecule has 0 saturated heterocycles. The predicted octanol–water partition coefficient (Wildman–Crippen LogP) is 2.93. The van der Waals surface area contributed by atoms with Crippen molar-refractivity contribution in [3.63, 3.8) is 0 Å². The van der Waals surface area contributed by atoms with Gasteiger partial charge in [-0.25, -0.2) is 19.5 Å². The molecule has 12 heteroatoms. The van der Waals surface area contributed by atoms with Crippen molar-refractivity contribution in [1.29, 1.82) is 0 Å². The highest BCUT2D eigenvalue weighted by Crippen LogP contribution is 2.31. The summed E-state index contributed by atoms with van der Waals surface area (Å²) in [5.41, 5.74) is 3.30. The zero-order chi connectivity index (χ0) is 27.7. The lowest BCUT2D eigenvalue weighted by Crippen LogP contribution is -2.29. The Morgan fingerprint density at radius 2 is 2.05 bits per heavy atom. The van der Waals surface area contributed by atoms with E-state index in [-0.39, 0.29) is 30.3 Å². The highest BCUT2D eigenvalue weighted by atomic mass is 32.2. The zero-order valence-electron chi connectivity index (χ0n) is 21.1. The van der Waals surface area contributed by atoms with Gasteiger partial charge in [0.2, 0.25) is 0 Å². The van der Waals surface area contributed by atoms with E-state index < -0.39 is 34.1 Å². The Labute approximate surface area is 224 Å². The number of hydrogen-bond acceptors (Lipinski definition) is 8. The van der Waals surface area contributed by atoms with Crippen LogP contribution in [0.25, 0.3) is 10.9 Å². The Morgan fingerprint density at radius 3 is 2.82 bits per heavy atom. The standard InChI is InChI=1S/C27H28FN5O5S/c1-16-3-2-4-17(7-16)12-33-13-22(20-10-19(28)5-6-24(20)33)26(35)21-11-30-15-31-27(21)32-23-8-18(9-25(23)34)14-38-39(29,36)37/h2-7,10-11,13,15,18,23,25,34H,8-9,12,14H2,1H3,(H2,29,36,37)(H,30,31,32)/t18-,23+,25+/m0/s1. The van der Waals surface area contributed by atoms with E-state index in [1.54, 1.807) is 12.3 Å². The molecule has 1 saturated carbocycles. The first-order chi connectivity index (χ1) is 18.6. The number of fused-ring (bicyclic) bond motifs is 1. The van der Waals surface area contributed by atoms with Gasteiger partial charge in [-0.05, 0) is 49.4 Å². The van der Waals surface area contributed by atoms with Crippen LogP contribution in [0.1, 0.15) is 39.9 Å². The molecule has 4 aromatic rings. The molecule has 0 unspecified atom stereocenters. The maximum absolute atomic E-state index is 14.3. The van der Waals surface area contributed by atoms with Crippen LogP contribution in [0.5, 0.6) is 0 Å². The normalized spacial score (nSPS) is 19.4. The van der Waals surface area contributed by atoms with Gasteiger partial charge in [0.25, 0.3) is 0 Å². The first-order valence-electron chi connectivity index (χ1n) is 12.4. The average Bonchev–Trinajstić information content (AvgIpc) is 3.41. The molecule has 1 aliphatic carbocycles. The quantitative estimate of drug-likeness (QED) is 0.268. The number of aromatic nitrogens is 3. The summed E-state index contributed by atoms with van der Waals surface area (Å²) >= 11 is 0. The molecular formula is C27H28FN5O5S. The highest BCUT2D eigenvalue weighted by molar-refractivity contribution is 7.84. The number of aryl methyl sites for hydroxylation is 1. The molecule has 1 fully saturated rings. The molecule has 2 aromatic carbocycles. The number of aliphatic hydroxyl groups is 1. The zero-order valence-corrected chi connectivity index (χ0v) is 21.9. The first-order valence-corrected chi connectivity index (χ1v) is 13.8. The number of nitrogens with two attached hydrogens (primary N) is 1. The number of nitrogens with zero attached hydrogens (tertiary/aromatic N) is 3. The van der Waals surface area contributed by atoms with Gasteiger partial charge in [-0.1, -0.05) is 29.8 Å². The number of carbonyl (C=O) groups is 1. The molecule has 204 valence electrons. The number of halogens is 1. The summed E-state index contributed by atoms with van der Waals surface area (Å²) in [6, 6.07) is 11.8. The summed E-state index contributed by atoms with van der Waals surface area (Å²) in [6.07, 6.45) is 4.19. The van der Waals surface area contributed by atoms with Gasteiger partial charge in [0, 0.05) is 35.4 Å². The molecule has 0 bridgehead atoms. The Kier molecular flexibility index (Phi) is 7.45. The second-order valence-corrected chi connectivity index (χ2v) is 11.1. The first kappa shape index (κ1) is 26.9. The molecule has 0 radical (unpaired) electrons. The van der Waals surface area contributed by atoms with Crippen LogP contribution in [0, 0.1) is 18.7 Å². The van der Waals surface area contributed by atoms with E-state index in [9.17, 15) is 22.7 Å². The highest BCUT2D eigenvalue weighted by Gasteiger charge is 2.35. The molecule has 39 heavy (non-hydrogen) atoms. The largest absolute Gasteiger partial charge is 0.391 e. The van der Waals surface area contributed by atoms with Crippen molar-refractivity contribution < 1.29 is 26.9 Å². The Morgan fingerprint density at radius 1 is 1.23 bits per heavy atom. The van der Waals surface area contributed by atoms with Crippen molar-refractivity contribution in [1.82, 2.24) is 14.5 Å². The van der Waals surface area contributed by atoms with Crippen LogP contribution < -0.4 is 10.5 Å². The SMILES string of the molecule is Cc1cccc(Cn2cc(C(=O)c3cncnc3N[C@@H]3C[C@H](COS(N)(=O)=O)C[C@H]3O)c3cc(F)ccc32)c1. The third kappa shape index (κ3) is 6.14. The van der Waals surface area contributed by atoms with E-state index in [2.05, 4.69) is 25.5 Å². The second kappa shape index (κ2) is 10.8. The van der Waals surface area contributed by atoms with Crippen molar-refractivity contribution in [3.8, 4) is 0 Å². The molecule has 0 spiro atoms. The lowest BCUT2D eigenvalue weighted by molar-refractivity contribution is 0.103. The summed E-state index contributed by atoms with van der Waals surface area (Å²) in [5, 5.41) is 19.0. The number of aliphatic hydroxyl groups excluding tert-OH is 1. The fraction of sp³-hybridized carbons (Fsp3) is 0.296. The third-order valence-corrected chi connectivity index (χ3v) is 7.36. The number of carbonyl (C=O) groups excluding carboxylic acids is 1. The maximum Gasteiger partial charge on any atom is 0.333 e. The molecule has 1 aliphatic rings. The molecular weight excluding hydrogens is 525 g/mol. The lowest BCUT2D eigenvalue weighted by Gasteiger charge is -2.18. The van der Waals surface area contributed by atoms with Crippen LogP contribution in [0.2, 0.25) is 0 Å². The van der Waals surface area contributed by atoms with E-state index in [1.807, 2.05) is 29.7 Å². The van der Waals surface area contributed by atoms with Crippen LogP contribution >= 0.6 is 0 Å². The molecule has 3 atom stereocenters. The number of anilines is 1. The van der Waals surface area contributed by atoms with Crippen LogP contribution in [0.4, 0.5) is 10.2 Å². The molecule has 10 nitrogen and oxygen atoms in total. The Hall–Kier alpha value is -3.71. The van der Waals surface area contributed by atoms with Crippen molar-refractivity contribution in [2.24, 2.45) is 11.1 Å². The lowest BCUT2D eigenvalue weighted by atomic mass is 10.0. The minimum atomic E-state index is -4.09. The van der Waals surface area contributed by atoms with Gasteiger partial charge in [-0.3, -0.25) is 8.98 Å². The van der Waals surface area contributed by atoms with Gasteiger partial charge in [0.05, 0.1) is 24.3 Å². The number of rotatable bonds is 9. The molecule has 2 heterocycles. The van der Waals surface area contributed by atoms with E-state index in [0.717, 1.165) is 11.1 Å². The molecule has 2 aromatic heterocycles. The van der Waals surface area contributed by atoms with Crippen molar-refractivity contribution in [3.05, 3.63) is 89.3 Å². The van der Waals surface area contributed by atoms with Gasteiger partial charge < -0.3 is 15.0 Å².